The predicted octanol–water partition coefficient (Wildman–Crippen LogP) is 3.63. The van der Waals surface area contributed by atoms with Gasteiger partial charge in [0.25, 0.3) is 0 Å². The minimum atomic E-state index is -0.860. The molecule has 2 atom stereocenters. The van der Waals surface area contributed by atoms with Crippen molar-refractivity contribution in [2.75, 3.05) is 17.2 Å². The van der Waals surface area contributed by atoms with E-state index in [1.165, 1.54) is 6.07 Å². The monoisotopic (exact) mass is 328 g/mol. The van der Waals surface area contributed by atoms with Crippen LogP contribution in [-0.4, -0.2) is 12.5 Å². The molecule has 1 aliphatic heterocycles. The number of halogens is 2. The first kappa shape index (κ1) is 15.1. The van der Waals surface area contributed by atoms with E-state index in [0.29, 0.717) is 18.5 Å². The summed E-state index contributed by atoms with van der Waals surface area (Å²) >= 11 is 0. The van der Waals surface area contributed by atoms with Crippen LogP contribution in [0.1, 0.15) is 29.9 Å². The van der Waals surface area contributed by atoms with Crippen LogP contribution in [0.5, 0.6) is 0 Å². The van der Waals surface area contributed by atoms with Crippen molar-refractivity contribution in [2.45, 2.75) is 25.2 Å². The summed E-state index contributed by atoms with van der Waals surface area (Å²) in [6.07, 6.45) is 2.44. The fraction of sp³-hybridized carbons (Fsp3) is 0.316. The zero-order chi connectivity index (χ0) is 16.8. The normalized spacial score (nSPS) is 22.2. The van der Waals surface area contributed by atoms with Gasteiger partial charge in [-0.3, -0.25) is 4.79 Å². The van der Waals surface area contributed by atoms with Gasteiger partial charge in [0.2, 0.25) is 5.91 Å². The number of carbonyl (C=O) groups excluding carboxylic acids is 1. The summed E-state index contributed by atoms with van der Waals surface area (Å²) in [7, 11) is 0. The van der Waals surface area contributed by atoms with Crippen molar-refractivity contribution in [3.8, 4) is 0 Å². The SMILES string of the molecule is Nc1cccc2c1CCCN2C(=O)C1CC1c1ccc(F)c(F)c1. The molecule has 0 bridgehead atoms. The first-order valence-corrected chi connectivity index (χ1v) is 8.20. The number of nitrogen functional groups attached to an aromatic ring is 1. The summed E-state index contributed by atoms with van der Waals surface area (Å²) in [6.45, 7) is 0.677. The average molecular weight is 328 g/mol. The highest BCUT2D eigenvalue weighted by Crippen LogP contribution is 2.49. The molecule has 2 N–H and O–H groups in total. The Morgan fingerprint density at radius 2 is 2.00 bits per heavy atom. The Hall–Kier alpha value is -2.43. The number of carbonyl (C=O) groups is 1. The molecule has 2 aromatic rings. The largest absolute Gasteiger partial charge is 0.398 e. The summed E-state index contributed by atoms with van der Waals surface area (Å²) in [6, 6.07) is 9.54. The van der Waals surface area contributed by atoms with Gasteiger partial charge in [-0.1, -0.05) is 12.1 Å². The minimum Gasteiger partial charge on any atom is -0.398 e. The molecule has 1 heterocycles. The summed E-state index contributed by atoms with van der Waals surface area (Å²) in [5.74, 6) is -1.86. The van der Waals surface area contributed by atoms with E-state index in [1.807, 2.05) is 18.2 Å². The van der Waals surface area contributed by atoms with Crippen LogP contribution in [0, 0.1) is 17.6 Å². The van der Waals surface area contributed by atoms with Crippen molar-refractivity contribution < 1.29 is 13.6 Å². The quantitative estimate of drug-likeness (QED) is 0.856. The third kappa shape index (κ3) is 2.44. The third-order valence-electron chi connectivity index (χ3n) is 5.03. The highest BCUT2D eigenvalue weighted by molar-refractivity contribution is 5.99. The molecule has 3 nitrogen and oxygen atoms in total. The Labute approximate surface area is 139 Å². The van der Waals surface area contributed by atoms with Crippen LogP contribution < -0.4 is 10.6 Å². The lowest BCUT2D eigenvalue weighted by atomic mass is 9.99. The average Bonchev–Trinajstić information content (AvgIpc) is 3.37. The van der Waals surface area contributed by atoms with Crippen LogP contribution in [0.3, 0.4) is 0 Å². The molecule has 5 heteroatoms. The van der Waals surface area contributed by atoms with Crippen molar-refractivity contribution in [1.29, 1.82) is 0 Å². The number of amides is 1. The molecular weight excluding hydrogens is 310 g/mol. The zero-order valence-electron chi connectivity index (χ0n) is 13.1. The lowest BCUT2D eigenvalue weighted by molar-refractivity contribution is -0.120. The standard InChI is InChI=1S/C19H18F2N2O/c20-15-7-6-11(9-16(15)21)13-10-14(13)19(24)23-8-2-3-12-17(22)4-1-5-18(12)23/h1,4-7,9,13-14H,2-3,8,10,22H2. The zero-order valence-corrected chi connectivity index (χ0v) is 13.1. The van der Waals surface area contributed by atoms with E-state index in [0.717, 1.165) is 35.8 Å². The summed E-state index contributed by atoms with van der Waals surface area (Å²) in [5.41, 5.74) is 9.36. The van der Waals surface area contributed by atoms with Crippen LogP contribution in [-0.2, 0) is 11.2 Å². The molecule has 2 aromatic carbocycles. The molecule has 2 unspecified atom stereocenters. The van der Waals surface area contributed by atoms with E-state index in [9.17, 15) is 13.6 Å². The molecule has 1 fully saturated rings. The van der Waals surface area contributed by atoms with Gasteiger partial charge in [0, 0.05) is 23.8 Å². The van der Waals surface area contributed by atoms with Crippen molar-refractivity contribution in [3.05, 3.63) is 59.2 Å². The number of nitrogens with two attached hydrogens (primary N) is 1. The second-order valence-corrected chi connectivity index (χ2v) is 6.56. The fourth-order valence-electron chi connectivity index (χ4n) is 3.66. The van der Waals surface area contributed by atoms with Crippen LogP contribution in [0.2, 0.25) is 0 Å². The Kier molecular flexibility index (Phi) is 3.52. The maximum absolute atomic E-state index is 13.4. The maximum Gasteiger partial charge on any atom is 0.230 e. The van der Waals surface area contributed by atoms with E-state index < -0.39 is 11.6 Å². The van der Waals surface area contributed by atoms with E-state index in [1.54, 1.807) is 11.0 Å². The number of fused-ring (bicyclic) bond motifs is 1. The third-order valence-corrected chi connectivity index (χ3v) is 5.03. The van der Waals surface area contributed by atoms with Gasteiger partial charge in [-0.25, -0.2) is 8.78 Å². The van der Waals surface area contributed by atoms with E-state index in [4.69, 9.17) is 5.73 Å². The predicted molar refractivity (Wildman–Crippen MR) is 88.7 cm³/mol. The van der Waals surface area contributed by atoms with Gasteiger partial charge in [-0.15, -0.1) is 0 Å². The van der Waals surface area contributed by atoms with Gasteiger partial charge in [-0.2, -0.15) is 0 Å². The number of hydrogen-bond donors (Lipinski definition) is 1. The van der Waals surface area contributed by atoms with Gasteiger partial charge in [0.05, 0.1) is 0 Å². The summed E-state index contributed by atoms with van der Waals surface area (Å²) < 4.78 is 26.5. The molecule has 1 aliphatic carbocycles. The Bertz CT molecular complexity index is 821. The van der Waals surface area contributed by atoms with Gasteiger partial charge in [0.1, 0.15) is 0 Å². The Morgan fingerprint density at radius 1 is 1.17 bits per heavy atom. The molecule has 4 rings (SSSR count). The minimum absolute atomic E-state index is 0.0287. The maximum atomic E-state index is 13.4. The first-order chi connectivity index (χ1) is 11.6. The molecule has 1 saturated carbocycles. The van der Waals surface area contributed by atoms with Crippen molar-refractivity contribution in [3.63, 3.8) is 0 Å². The molecule has 2 aliphatic rings. The van der Waals surface area contributed by atoms with Crippen LogP contribution in [0.4, 0.5) is 20.2 Å². The number of benzene rings is 2. The summed E-state index contributed by atoms with van der Waals surface area (Å²) in [5, 5.41) is 0. The highest BCUT2D eigenvalue weighted by atomic mass is 19.2. The van der Waals surface area contributed by atoms with E-state index in [2.05, 4.69) is 0 Å². The molecule has 0 spiro atoms. The molecule has 1 amide bonds. The second kappa shape index (κ2) is 5.58. The number of anilines is 2. The first-order valence-electron chi connectivity index (χ1n) is 8.20. The van der Waals surface area contributed by atoms with Crippen LogP contribution in [0.15, 0.2) is 36.4 Å². The lowest BCUT2D eigenvalue weighted by Crippen LogP contribution is -2.37. The van der Waals surface area contributed by atoms with Gasteiger partial charge in [-0.05, 0) is 60.6 Å². The second-order valence-electron chi connectivity index (χ2n) is 6.56. The number of hydrogen-bond acceptors (Lipinski definition) is 2. The van der Waals surface area contributed by atoms with Gasteiger partial charge >= 0.3 is 0 Å². The highest BCUT2D eigenvalue weighted by Gasteiger charge is 2.46. The van der Waals surface area contributed by atoms with Crippen molar-refractivity contribution in [2.24, 2.45) is 5.92 Å². The molecule has 0 saturated heterocycles. The van der Waals surface area contributed by atoms with Crippen LogP contribution in [0.25, 0.3) is 0 Å². The lowest BCUT2D eigenvalue weighted by Gasteiger charge is -2.30. The Balaban J connectivity index is 1.56. The van der Waals surface area contributed by atoms with Crippen molar-refractivity contribution in [1.82, 2.24) is 0 Å². The van der Waals surface area contributed by atoms with Crippen molar-refractivity contribution >= 4 is 17.3 Å². The summed E-state index contributed by atoms with van der Waals surface area (Å²) in [4.78, 5) is 14.7. The molecule has 124 valence electrons. The van der Waals surface area contributed by atoms with Crippen LogP contribution >= 0.6 is 0 Å². The van der Waals surface area contributed by atoms with E-state index in [-0.39, 0.29) is 17.7 Å². The molecule has 0 aromatic heterocycles. The molecule has 24 heavy (non-hydrogen) atoms. The van der Waals surface area contributed by atoms with E-state index >= 15 is 0 Å². The number of nitrogens with zero attached hydrogens (tertiary/aromatic N) is 1. The van der Waals surface area contributed by atoms with Gasteiger partial charge in [0.15, 0.2) is 11.6 Å². The Morgan fingerprint density at radius 3 is 2.79 bits per heavy atom. The molecule has 0 radical (unpaired) electrons. The van der Waals surface area contributed by atoms with Gasteiger partial charge < -0.3 is 10.6 Å². The smallest absolute Gasteiger partial charge is 0.230 e. The number of rotatable bonds is 2. The fourth-order valence-corrected chi connectivity index (χ4v) is 3.66. The topological polar surface area (TPSA) is 46.3 Å². The molecular formula is C19H18F2N2O.